The third kappa shape index (κ3) is 3.54. The number of fused-ring (bicyclic) bond motifs is 1. The minimum atomic E-state index is -0.0550. The van der Waals surface area contributed by atoms with Crippen LogP contribution in [0.3, 0.4) is 0 Å². The SMILES string of the molecule is CNC(=O)c1cccc(CCNc2cc(C)nc3ccccc23)c1. The number of amides is 1. The van der Waals surface area contributed by atoms with Crippen LogP contribution in [0.25, 0.3) is 10.9 Å². The molecule has 0 aliphatic rings. The number of rotatable bonds is 5. The van der Waals surface area contributed by atoms with Crippen LogP contribution in [0.2, 0.25) is 0 Å². The van der Waals surface area contributed by atoms with Gasteiger partial charge in [-0.1, -0.05) is 30.3 Å². The standard InChI is InChI=1S/C20H21N3O/c1-14-12-19(17-8-3-4-9-18(17)23-14)22-11-10-15-6-5-7-16(13-15)20(24)21-2/h3-9,12-13H,10-11H2,1-2H3,(H,21,24)(H,22,23). The summed E-state index contributed by atoms with van der Waals surface area (Å²) in [6.45, 7) is 2.80. The van der Waals surface area contributed by atoms with E-state index in [4.69, 9.17) is 0 Å². The molecule has 0 aliphatic carbocycles. The molecule has 1 amide bonds. The number of aryl methyl sites for hydroxylation is 1. The van der Waals surface area contributed by atoms with Crippen molar-refractivity contribution in [2.45, 2.75) is 13.3 Å². The number of benzene rings is 2. The van der Waals surface area contributed by atoms with Crippen molar-refractivity contribution in [1.29, 1.82) is 0 Å². The zero-order valence-electron chi connectivity index (χ0n) is 14.0. The van der Waals surface area contributed by atoms with E-state index in [2.05, 4.69) is 27.8 Å². The summed E-state index contributed by atoms with van der Waals surface area (Å²) in [5.41, 5.74) is 4.93. The molecule has 2 N–H and O–H groups in total. The zero-order chi connectivity index (χ0) is 16.9. The van der Waals surface area contributed by atoms with Crippen molar-refractivity contribution in [3.8, 4) is 0 Å². The van der Waals surface area contributed by atoms with Gasteiger partial charge in [-0.15, -0.1) is 0 Å². The quantitative estimate of drug-likeness (QED) is 0.756. The van der Waals surface area contributed by atoms with Crippen molar-refractivity contribution in [1.82, 2.24) is 10.3 Å². The van der Waals surface area contributed by atoms with Crippen molar-refractivity contribution in [3.63, 3.8) is 0 Å². The minimum absolute atomic E-state index is 0.0550. The van der Waals surface area contributed by atoms with E-state index < -0.39 is 0 Å². The van der Waals surface area contributed by atoms with E-state index in [0.717, 1.165) is 40.8 Å². The Labute approximate surface area is 141 Å². The second-order valence-electron chi connectivity index (χ2n) is 5.78. The molecule has 0 unspecified atom stereocenters. The van der Waals surface area contributed by atoms with Gasteiger partial charge in [0.1, 0.15) is 0 Å². The number of para-hydroxylation sites is 1. The predicted octanol–water partition coefficient (Wildman–Crippen LogP) is 3.56. The fourth-order valence-corrected chi connectivity index (χ4v) is 2.81. The van der Waals surface area contributed by atoms with Gasteiger partial charge in [-0.05, 0) is 43.2 Å². The third-order valence-corrected chi connectivity index (χ3v) is 3.99. The summed E-state index contributed by atoms with van der Waals surface area (Å²) >= 11 is 0. The van der Waals surface area contributed by atoms with Crippen LogP contribution in [0.1, 0.15) is 21.6 Å². The molecule has 0 atom stereocenters. The first-order chi connectivity index (χ1) is 11.7. The average molecular weight is 319 g/mol. The van der Waals surface area contributed by atoms with Crippen LogP contribution < -0.4 is 10.6 Å². The number of nitrogens with zero attached hydrogens (tertiary/aromatic N) is 1. The smallest absolute Gasteiger partial charge is 0.251 e. The Kier molecular flexibility index (Phi) is 4.75. The van der Waals surface area contributed by atoms with Gasteiger partial charge in [0.25, 0.3) is 5.91 Å². The van der Waals surface area contributed by atoms with Crippen LogP contribution in [0, 0.1) is 6.92 Å². The Balaban J connectivity index is 1.72. The molecule has 2 aromatic carbocycles. The third-order valence-electron chi connectivity index (χ3n) is 3.99. The topological polar surface area (TPSA) is 54.0 Å². The lowest BCUT2D eigenvalue weighted by Gasteiger charge is -2.11. The first-order valence-corrected chi connectivity index (χ1v) is 8.08. The molecule has 0 bridgehead atoms. The molecule has 0 saturated heterocycles. The maximum absolute atomic E-state index is 11.7. The van der Waals surface area contributed by atoms with E-state index >= 15 is 0 Å². The molecule has 4 nitrogen and oxygen atoms in total. The van der Waals surface area contributed by atoms with E-state index in [0.29, 0.717) is 5.56 Å². The molecule has 3 rings (SSSR count). The number of aromatic nitrogens is 1. The highest BCUT2D eigenvalue weighted by molar-refractivity contribution is 5.94. The lowest BCUT2D eigenvalue weighted by Crippen LogP contribution is -2.18. The van der Waals surface area contributed by atoms with Crippen LogP contribution in [0.5, 0.6) is 0 Å². The van der Waals surface area contributed by atoms with Gasteiger partial charge in [0, 0.05) is 35.9 Å². The molecule has 0 fully saturated rings. The van der Waals surface area contributed by atoms with Crippen molar-refractivity contribution in [2.75, 3.05) is 18.9 Å². The first kappa shape index (κ1) is 16.0. The van der Waals surface area contributed by atoms with Crippen LogP contribution in [0.15, 0.2) is 54.6 Å². The van der Waals surface area contributed by atoms with Gasteiger partial charge in [0.05, 0.1) is 5.52 Å². The Morgan fingerprint density at radius 3 is 2.75 bits per heavy atom. The molecular weight excluding hydrogens is 298 g/mol. The Hall–Kier alpha value is -2.88. The van der Waals surface area contributed by atoms with E-state index in [-0.39, 0.29) is 5.91 Å². The van der Waals surface area contributed by atoms with Gasteiger partial charge in [0.2, 0.25) is 0 Å². The van der Waals surface area contributed by atoms with Crippen molar-refractivity contribution >= 4 is 22.5 Å². The fraction of sp³-hybridized carbons (Fsp3) is 0.200. The van der Waals surface area contributed by atoms with Gasteiger partial charge in [-0.2, -0.15) is 0 Å². The highest BCUT2D eigenvalue weighted by atomic mass is 16.1. The lowest BCUT2D eigenvalue weighted by molar-refractivity contribution is 0.0963. The normalized spacial score (nSPS) is 10.6. The van der Waals surface area contributed by atoms with E-state index in [1.807, 2.05) is 49.4 Å². The van der Waals surface area contributed by atoms with Gasteiger partial charge >= 0.3 is 0 Å². The molecule has 1 aromatic heterocycles. The maximum atomic E-state index is 11.7. The number of carbonyl (C=O) groups is 1. The number of hydrogen-bond acceptors (Lipinski definition) is 3. The summed E-state index contributed by atoms with van der Waals surface area (Å²) in [6, 6.07) is 17.9. The van der Waals surface area contributed by atoms with Crippen molar-refractivity contribution in [3.05, 3.63) is 71.4 Å². The molecule has 1 heterocycles. The summed E-state index contributed by atoms with van der Waals surface area (Å²) in [5.74, 6) is -0.0550. The van der Waals surface area contributed by atoms with Gasteiger partial charge < -0.3 is 10.6 Å². The van der Waals surface area contributed by atoms with E-state index in [1.54, 1.807) is 7.05 Å². The number of anilines is 1. The molecule has 4 heteroatoms. The lowest BCUT2D eigenvalue weighted by atomic mass is 10.1. The first-order valence-electron chi connectivity index (χ1n) is 8.08. The van der Waals surface area contributed by atoms with Gasteiger partial charge in [-0.25, -0.2) is 0 Å². The zero-order valence-corrected chi connectivity index (χ0v) is 14.0. The predicted molar refractivity (Wildman–Crippen MR) is 98.5 cm³/mol. The molecule has 122 valence electrons. The van der Waals surface area contributed by atoms with Gasteiger partial charge in [-0.3, -0.25) is 9.78 Å². The molecule has 0 saturated carbocycles. The Bertz CT molecular complexity index is 874. The molecule has 24 heavy (non-hydrogen) atoms. The van der Waals surface area contributed by atoms with Crippen LogP contribution in [-0.2, 0) is 6.42 Å². The van der Waals surface area contributed by atoms with Crippen molar-refractivity contribution < 1.29 is 4.79 Å². The highest BCUT2D eigenvalue weighted by Gasteiger charge is 2.05. The van der Waals surface area contributed by atoms with Crippen molar-refractivity contribution in [2.24, 2.45) is 0 Å². The number of hydrogen-bond donors (Lipinski definition) is 2. The Morgan fingerprint density at radius 2 is 1.92 bits per heavy atom. The Morgan fingerprint density at radius 1 is 1.08 bits per heavy atom. The minimum Gasteiger partial charge on any atom is -0.384 e. The van der Waals surface area contributed by atoms with Gasteiger partial charge in [0.15, 0.2) is 0 Å². The average Bonchev–Trinajstić information content (AvgIpc) is 2.61. The molecule has 0 radical (unpaired) electrons. The maximum Gasteiger partial charge on any atom is 0.251 e. The number of carbonyl (C=O) groups excluding carboxylic acids is 1. The molecule has 3 aromatic rings. The summed E-state index contributed by atoms with van der Waals surface area (Å²) in [5, 5.41) is 7.28. The summed E-state index contributed by atoms with van der Waals surface area (Å²) in [6.07, 6.45) is 0.848. The summed E-state index contributed by atoms with van der Waals surface area (Å²) in [7, 11) is 1.65. The van der Waals surface area contributed by atoms with Crippen LogP contribution >= 0.6 is 0 Å². The molecule has 0 aliphatic heterocycles. The van der Waals surface area contributed by atoms with E-state index in [1.165, 1.54) is 0 Å². The van der Waals surface area contributed by atoms with Crippen LogP contribution in [-0.4, -0.2) is 24.5 Å². The van der Waals surface area contributed by atoms with E-state index in [9.17, 15) is 4.79 Å². The molecular formula is C20H21N3O. The number of nitrogens with one attached hydrogen (secondary N) is 2. The monoisotopic (exact) mass is 319 g/mol. The second kappa shape index (κ2) is 7.13. The fourth-order valence-electron chi connectivity index (χ4n) is 2.81. The summed E-state index contributed by atoms with van der Waals surface area (Å²) < 4.78 is 0. The highest BCUT2D eigenvalue weighted by Crippen LogP contribution is 2.22. The molecule has 0 spiro atoms. The second-order valence-corrected chi connectivity index (χ2v) is 5.78. The summed E-state index contributed by atoms with van der Waals surface area (Å²) in [4.78, 5) is 16.3. The van der Waals surface area contributed by atoms with Crippen LogP contribution in [0.4, 0.5) is 5.69 Å². The number of pyridine rings is 1. The largest absolute Gasteiger partial charge is 0.384 e.